The number of carbonyl (C=O) groups excluding carboxylic acids is 1. The highest BCUT2D eigenvalue weighted by atomic mass is 16.1. The molecule has 0 radical (unpaired) electrons. The van der Waals surface area contributed by atoms with Crippen molar-refractivity contribution in [1.29, 1.82) is 0 Å². The predicted octanol–water partition coefficient (Wildman–Crippen LogP) is 2.06. The topological polar surface area (TPSA) is 55.1 Å². The summed E-state index contributed by atoms with van der Waals surface area (Å²) in [4.78, 5) is 11.7. The maximum absolute atomic E-state index is 11.7. The fourth-order valence-corrected chi connectivity index (χ4v) is 1.70. The van der Waals surface area contributed by atoms with Crippen LogP contribution in [0, 0.1) is 10.8 Å². The van der Waals surface area contributed by atoms with E-state index in [2.05, 4.69) is 33.0 Å². The van der Waals surface area contributed by atoms with Gasteiger partial charge < -0.3 is 11.1 Å². The molecule has 3 heteroatoms. The third-order valence-electron chi connectivity index (χ3n) is 3.89. The minimum atomic E-state index is -0.0655. The van der Waals surface area contributed by atoms with Crippen molar-refractivity contribution in [3.8, 4) is 0 Å². The monoisotopic (exact) mass is 226 g/mol. The fraction of sp³-hybridized carbons (Fsp3) is 0.923. The highest BCUT2D eigenvalue weighted by molar-refractivity contribution is 5.76. The van der Waals surface area contributed by atoms with Gasteiger partial charge in [0, 0.05) is 19.0 Å². The Bertz CT molecular complexity index is 251. The Morgan fingerprint density at radius 1 is 1.44 bits per heavy atom. The summed E-state index contributed by atoms with van der Waals surface area (Å²) in [7, 11) is 0. The predicted molar refractivity (Wildman–Crippen MR) is 67.0 cm³/mol. The minimum absolute atomic E-state index is 0.000631. The molecule has 0 aromatic rings. The van der Waals surface area contributed by atoms with E-state index in [1.165, 1.54) is 19.3 Å². The standard InChI is InChI=1S/C13H26N2O/c1-5-13(6-7-13)9-15-11(16)8-10(14)12(2,3)4/h10H,5-9,14H2,1-4H3,(H,15,16). The van der Waals surface area contributed by atoms with E-state index in [0.29, 0.717) is 11.8 Å². The highest BCUT2D eigenvalue weighted by Crippen LogP contribution is 2.47. The number of nitrogens with one attached hydrogen (secondary N) is 1. The van der Waals surface area contributed by atoms with Gasteiger partial charge in [-0.25, -0.2) is 0 Å². The quantitative estimate of drug-likeness (QED) is 0.754. The molecule has 1 fully saturated rings. The molecular formula is C13H26N2O. The molecule has 1 saturated carbocycles. The van der Waals surface area contributed by atoms with Gasteiger partial charge in [-0.1, -0.05) is 27.7 Å². The second-order valence-corrected chi connectivity index (χ2v) is 6.31. The molecule has 1 amide bonds. The summed E-state index contributed by atoms with van der Waals surface area (Å²) in [6.07, 6.45) is 4.12. The Balaban J connectivity index is 2.26. The van der Waals surface area contributed by atoms with Crippen molar-refractivity contribution in [2.24, 2.45) is 16.6 Å². The van der Waals surface area contributed by atoms with E-state index in [0.717, 1.165) is 6.54 Å². The van der Waals surface area contributed by atoms with E-state index in [9.17, 15) is 4.79 Å². The van der Waals surface area contributed by atoms with Crippen LogP contribution in [0.2, 0.25) is 0 Å². The first-order valence-corrected chi connectivity index (χ1v) is 6.31. The molecule has 3 N–H and O–H groups in total. The van der Waals surface area contributed by atoms with Gasteiger partial charge in [0.1, 0.15) is 0 Å². The van der Waals surface area contributed by atoms with Crippen LogP contribution in [0.25, 0.3) is 0 Å². The van der Waals surface area contributed by atoms with Crippen LogP contribution < -0.4 is 11.1 Å². The molecular weight excluding hydrogens is 200 g/mol. The molecule has 0 aliphatic heterocycles. The van der Waals surface area contributed by atoms with Crippen molar-refractivity contribution in [3.05, 3.63) is 0 Å². The van der Waals surface area contributed by atoms with Crippen molar-refractivity contribution in [2.45, 2.75) is 59.4 Å². The van der Waals surface area contributed by atoms with Crippen LogP contribution in [0.4, 0.5) is 0 Å². The summed E-state index contributed by atoms with van der Waals surface area (Å²) < 4.78 is 0. The lowest BCUT2D eigenvalue weighted by Gasteiger charge is -2.26. The van der Waals surface area contributed by atoms with Crippen LogP contribution in [-0.4, -0.2) is 18.5 Å². The number of carbonyl (C=O) groups is 1. The molecule has 94 valence electrons. The molecule has 1 rings (SSSR count). The largest absolute Gasteiger partial charge is 0.355 e. The second-order valence-electron chi connectivity index (χ2n) is 6.31. The lowest BCUT2D eigenvalue weighted by atomic mass is 9.85. The number of hydrogen-bond donors (Lipinski definition) is 2. The maximum Gasteiger partial charge on any atom is 0.221 e. The van der Waals surface area contributed by atoms with Gasteiger partial charge >= 0.3 is 0 Å². The van der Waals surface area contributed by atoms with Crippen LogP contribution >= 0.6 is 0 Å². The summed E-state index contributed by atoms with van der Waals surface area (Å²) in [5.41, 5.74) is 6.40. The molecule has 0 aromatic heterocycles. The first kappa shape index (κ1) is 13.5. The van der Waals surface area contributed by atoms with E-state index < -0.39 is 0 Å². The molecule has 1 atom stereocenters. The minimum Gasteiger partial charge on any atom is -0.355 e. The van der Waals surface area contributed by atoms with Crippen LogP contribution in [0.15, 0.2) is 0 Å². The first-order chi connectivity index (χ1) is 7.29. The maximum atomic E-state index is 11.7. The molecule has 0 spiro atoms. The van der Waals surface area contributed by atoms with Gasteiger partial charge in [0.25, 0.3) is 0 Å². The zero-order valence-electron chi connectivity index (χ0n) is 11.1. The molecule has 0 aromatic carbocycles. The second kappa shape index (κ2) is 4.74. The van der Waals surface area contributed by atoms with Gasteiger partial charge in [0.15, 0.2) is 0 Å². The van der Waals surface area contributed by atoms with Crippen molar-refractivity contribution in [2.75, 3.05) is 6.54 Å². The number of hydrogen-bond acceptors (Lipinski definition) is 2. The van der Waals surface area contributed by atoms with Crippen molar-refractivity contribution in [1.82, 2.24) is 5.32 Å². The number of nitrogens with two attached hydrogens (primary N) is 1. The van der Waals surface area contributed by atoms with Gasteiger partial charge in [-0.3, -0.25) is 4.79 Å². The summed E-state index contributed by atoms with van der Waals surface area (Å²) in [6, 6.07) is -0.0655. The molecule has 16 heavy (non-hydrogen) atoms. The SMILES string of the molecule is CCC1(CNC(=O)CC(N)C(C)(C)C)CC1. The Morgan fingerprint density at radius 3 is 2.38 bits per heavy atom. The lowest BCUT2D eigenvalue weighted by Crippen LogP contribution is -2.41. The van der Waals surface area contributed by atoms with E-state index in [1.54, 1.807) is 0 Å². The van der Waals surface area contributed by atoms with Gasteiger partial charge in [0.2, 0.25) is 5.91 Å². The Kier molecular flexibility index (Phi) is 4.00. The van der Waals surface area contributed by atoms with Crippen LogP contribution in [0.3, 0.4) is 0 Å². The normalized spacial score (nSPS) is 20.3. The van der Waals surface area contributed by atoms with Gasteiger partial charge in [-0.05, 0) is 30.1 Å². The molecule has 1 unspecified atom stereocenters. The Hall–Kier alpha value is -0.570. The highest BCUT2D eigenvalue weighted by Gasteiger charge is 2.40. The third kappa shape index (κ3) is 3.78. The summed E-state index contributed by atoms with van der Waals surface area (Å²) in [5, 5.41) is 3.02. The van der Waals surface area contributed by atoms with Gasteiger partial charge in [-0.2, -0.15) is 0 Å². The van der Waals surface area contributed by atoms with E-state index in [1.807, 2.05) is 0 Å². The Labute approximate surface area is 99.2 Å². The molecule has 0 saturated heterocycles. The third-order valence-corrected chi connectivity index (χ3v) is 3.89. The summed E-state index contributed by atoms with van der Waals surface area (Å²) in [6.45, 7) is 9.23. The number of amides is 1. The van der Waals surface area contributed by atoms with E-state index in [4.69, 9.17) is 5.73 Å². The summed E-state index contributed by atoms with van der Waals surface area (Å²) >= 11 is 0. The zero-order valence-corrected chi connectivity index (χ0v) is 11.1. The zero-order chi connectivity index (χ0) is 12.4. The van der Waals surface area contributed by atoms with Crippen molar-refractivity contribution in [3.63, 3.8) is 0 Å². The first-order valence-electron chi connectivity index (χ1n) is 6.31. The fourth-order valence-electron chi connectivity index (χ4n) is 1.70. The molecule has 1 aliphatic carbocycles. The Morgan fingerprint density at radius 2 is 2.00 bits per heavy atom. The van der Waals surface area contributed by atoms with Crippen molar-refractivity contribution >= 4 is 5.91 Å². The van der Waals surface area contributed by atoms with Crippen LogP contribution in [-0.2, 0) is 4.79 Å². The molecule has 0 bridgehead atoms. The molecule has 3 nitrogen and oxygen atoms in total. The number of rotatable bonds is 5. The van der Waals surface area contributed by atoms with Crippen molar-refractivity contribution < 1.29 is 4.79 Å². The molecule has 0 heterocycles. The van der Waals surface area contributed by atoms with Crippen LogP contribution in [0.1, 0.15) is 53.4 Å². The average molecular weight is 226 g/mol. The average Bonchev–Trinajstić information content (AvgIpc) is 2.94. The van der Waals surface area contributed by atoms with Gasteiger partial charge in [-0.15, -0.1) is 0 Å². The van der Waals surface area contributed by atoms with E-state index in [-0.39, 0.29) is 17.4 Å². The lowest BCUT2D eigenvalue weighted by molar-refractivity contribution is -0.122. The molecule has 1 aliphatic rings. The van der Waals surface area contributed by atoms with E-state index >= 15 is 0 Å². The van der Waals surface area contributed by atoms with Gasteiger partial charge in [0.05, 0.1) is 0 Å². The smallest absolute Gasteiger partial charge is 0.221 e. The van der Waals surface area contributed by atoms with Crippen LogP contribution in [0.5, 0.6) is 0 Å². The summed E-state index contributed by atoms with van der Waals surface area (Å²) in [5.74, 6) is 0.0992.